The van der Waals surface area contributed by atoms with Gasteiger partial charge in [-0.1, -0.05) is 44.2 Å². The Kier molecular flexibility index (Phi) is 4.63. The number of hydrogen-bond donors (Lipinski definition) is 1. The minimum atomic E-state index is 0.145. The number of rotatable bonds is 6. The highest BCUT2D eigenvalue weighted by Gasteiger charge is 2.14. The summed E-state index contributed by atoms with van der Waals surface area (Å²) in [6, 6.07) is 10.4. The molecule has 5 heteroatoms. The summed E-state index contributed by atoms with van der Waals surface area (Å²) >= 11 is 0. The van der Waals surface area contributed by atoms with E-state index in [4.69, 9.17) is 0 Å². The van der Waals surface area contributed by atoms with Crippen molar-refractivity contribution in [2.24, 2.45) is 5.92 Å². The lowest BCUT2D eigenvalue weighted by atomic mass is 10.1. The van der Waals surface area contributed by atoms with Crippen molar-refractivity contribution < 1.29 is 0 Å². The van der Waals surface area contributed by atoms with Crippen LogP contribution in [-0.2, 0) is 6.54 Å². The summed E-state index contributed by atoms with van der Waals surface area (Å²) in [6.45, 7) is 8.14. The van der Waals surface area contributed by atoms with Crippen LogP contribution in [0.4, 0.5) is 0 Å². The van der Waals surface area contributed by atoms with Crippen LogP contribution in [-0.4, -0.2) is 26.8 Å². The Morgan fingerprint density at radius 1 is 1.16 bits per heavy atom. The van der Waals surface area contributed by atoms with E-state index in [0.717, 1.165) is 12.4 Å². The van der Waals surface area contributed by atoms with Gasteiger partial charge in [0, 0.05) is 0 Å². The SMILES string of the molecule is CC(C)CNCc1nnnn1C(C)c1ccccc1. The van der Waals surface area contributed by atoms with Crippen molar-refractivity contribution in [2.45, 2.75) is 33.4 Å². The second kappa shape index (κ2) is 6.43. The number of aromatic nitrogens is 4. The molecule has 102 valence electrons. The molecule has 1 atom stereocenters. The lowest BCUT2D eigenvalue weighted by Crippen LogP contribution is -2.23. The molecule has 2 aromatic rings. The maximum atomic E-state index is 4.11. The van der Waals surface area contributed by atoms with Crippen LogP contribution in [0.2, 0.25) is 0 Å². The first-order valence-electron chi connectivity index (χ1n) is 6.71. The van der Waals surface area contributed by atoms with Crippen molar-refractivity contribution in [2.75, 3.05) is 6.54 Å². The molecular weight excluding hydrogens is 238 g/mol. The molecular formula is C14H21N5. The molecule has 0 aliphatic rings. The van der Waals surface area contributed by atoms with Gasteiger partial charge in [-0.15, -0.1) is 5.10 Å². The van der Waals surface area contributed by atoms with Crippen molar-refractivity contribution in [3.05, 3.63) is 41.7 Å². The summed E-state index contributed by atoms with van der Waals surface area (Å²) in [5.74, 6) is 1.49. The number of hydrogen-bond acceptors (Lipinski definition) is 4. The first kappa shape index (κ1) is 13.7. The third kappa shape index (κ3) is 3.61. The van der Waals surface area contributed by atoms with Gasteiger partial charge in [0.1, 0.15) is 0 Å². The molecule has 2 rings (SSSR count). The van der Waals surface area contributed by atoms with E-state index in [2.05, 4.69) is 53.7 Å². The molecule has 0 saturated carbocycles. The molecule has 1 aromatic carbocycles. The average molecular weight is 259 g/mol. The highest BCUT2D eigenvalue weighted by molar-refractivity contribution is 5.19. The summed E-state index contributed by atoms with van der Waals surface area (Å²) in [6.07, 6.45) is 0. The van der Waals surface area contributed by atoms with Crippen molar-refractivity contribution in [1.82, 2.24) is 25.5 Å². The lowest BCUT2D eigenvalue weighted by Gasteiger charge is -2.14. The second-order valence-electron chi connectivity index (χ2n) is 5.15. The first-order valence-corrected chi connectivity index (χ1v) is 6.71. The van der Waals surface area contributed by atoms with Crippen molar-refractivity contribution >= 4 is 0 Å². The quantitative estimate of drug-likeness (QED) is 0.862. The maximum Gasteiger partial charge on any atom is 0.165 e. The molecule has 1 unspecified atom stereocenters. The van der Waals surface area contributed by atoms with Gasteiger partial charge in [0.2, 0.25) is 0 Å². The highest BCUT2D eigenvalue weighted by Crippen LogP contribution is 2.16. The molecule has 0 bridgehead atoms. The van der Waals surface area contributed by atoms with Crippen LogP contribution in [0.1, 0.15) is 38.2 Å². The molecule has 19 heavy (non-hydrogen) atoms. The van der Waals surface area contributed by atoms with Crippen LogP contribution >= 0.6 is 0 Å². The largest absolute Gasteiger partial charge is 0.310 e. The molecule has 0 radical (unpaired) electrons. The standard InChI is InChI=1S/C14H21N5/c1-11(2)9-15-10-14-16-17-18-19(14)12(3)13-7-5-4-6-8-13/h4-8,11-12,15H,9-10H2,1-3H3. The van der Waals surface area contributed by atoms with Gasteiger partial charge >= 0.3 is 0 Å². The summed E-state index contributed by atoms with van der Waals surface area (Å²) in [7, 11) is 0. The van der Waals surface area contributed by atoms with Crippen LogP contribution < -0.4 is 5.32 Å². The van der Waals surface area contributed by atoms with Crippen LogP contribution in [0.3, 0.4) is 0 Å². The van der Waals surface area contributed by atoms with Crippen molar-refractivity contribution in [1.29, 1.82) is 0 Å². The van der Waals surface area contributed by atoms with Crippen molar-refractivity contribution in [3.63, 3.8) is 0 Å². The minimum Gasteiger partial charge on any atom is -0.310 e. The van der Waals surface area contributed by atoms with E-state index >= 15 is 0 Å². The van der Waals surface area contributed by atoms with Crippen LogP contribution in [0.25, 0.3) is 0 Å². The molecule has 0 saturated heterocycles. The fraction of sp³-hybridized carbons (Fsp3) is 0.500. The normalized spacial score (nSPS) is 12.8. The smallest absolute Gasteiger partial charge is 0.165 e. The predicted octanol–water partition coefficient (Wildman–Crippen LogP) is 2.03. The van der Waals surface area contributed by atoms with E-state index in [1.807, 2.05) is 22.9 Å². The lowest BCUT2D eigenvalue weighted by molar-refractivity contribution is 0.488. The van der Waals surface area contributed by atoms with E-state index in [1.165, 1.54) is 5.56 Å². The molecule has 1 aromatic heterocycles. The molecule has 0 amide bonds. The Morgan fingerprint density at radius 2 is 1.89 bits per heavy atom. The van der Waals surface area contributed by atoms with Gasteiger partial charge in [-0.3, -0.25) is 0 Å². The third-order valence-corrected chi connectivity index (χ3v) is 3.05. The minimum absolute atomic E-state index is 0.145. The Morgan fingerprint density at radius 3 is 2.58 bits per heavy atom. The molecule has 0 spiro atoms. The Balaban J connectivity index is 2.06. The van der Waals surface area contributed by atoms with Gasteiger partial charge < -0.3 is 5.32 Å². The number of nitrogens with zero attached hydrogens (tertiary/aromatic N) is 4. The molecule has 1 heterocycles. The van der Waals surface area contributed by atoms with E-state index < -0.39 is 0 Å². The first-order chi connectivity index (χ1) is 9.18. The second-order valence-corrected chi connectivity index (χ2v) is 5.15. The van der Waals surface area contributed by atoms with Gasteiger partial charge in [-0.2, -0.15) is 0 Å². The summed E-state index contributed by atoms with van der Waals surface area (Å²) in [4.78, 5) is 0. The topological polar surface area (TPSA) is 55.6 Å². The maximum absolute atomic E-state index is 4.11. The fourth-order valence-electron chi connectivity index (χ4n) is 1.97. The van der Waals surface area contributed by atoms with E-state index in [9.17, 15) is 0 Å². The third-order valence-electron chi connectivity index (χ3n) is 3.05. The zero-order valence-electron chi connectivity index (χ0n) is 11.7. The number of nitrogens with one attached hydrogen (secondary N) is 1. The van der Waals surface area contributed by atoms with Crippen LogP contribution in [0, 0.1) is 5.92 Å². The van der Waals surface area contributed by atoms with E-state index in [-0.39, 0.29) is 6.04 Å². The fourth-order valence-corrected chi connectivity index (χ4v) is 1.97. The van der Waals surface area contributed by atoms with Crippen LogP contribution in [0.15, 0.2) is 30.3 Å². The van der Waals surface area contributed by atoms with Crippen molar-refractivity contribution in [3.8, 4) is 0 Å². The van der Waals surface area contributed by atoms with Gasteiger partial charge in [-0.05, 0) is 35.4 Å². The molecule has 0 aliphatic carbocycles. The van der Waals surface area contributed by atoms with Gasteiger partial charge in [-0.25, -0.2) is 4.68 Å². The zero-order valence-corrected chi connectivity index (χ0v) is 11.7. The zero-order chi connectivity index (χ0) is 13.7. The van der Waals surface area contributed by atoms with Gasteiger partial charge in [0.05, 0.1) is 12.6 Å². The van der Waals surface area contributed by atoms with E-state index in [1.54, 1.807) is 0 Å². The predicted molar refractivity (Wildman–Crippen MR) is 74.6 cm³/mol. The summed E-state index contributed by atoms with van der Waals surface area (Å²) < 4.78 is 1.88. The monoisotopic (exact) mass is 259 g/mol. The molecule has 0 aliphatic heterocycles. The molecule has 5 nitrogen and oxygen atoms in total. The Hall–Kier alpha value is -1.75. The average Bonchev–Trinajstić information content (AvgIpc) is 2.87. The highest BCUT2D eigenvalue weighted by atomic mass is 15.6. The molecule has 0 fully saturated rings. The molecule has 1 N–H and O–H groups in total. The Labute approximate surface area is 114 Å². The Bertz CT molecular complexity index is 492. The van der Waals surface area contributed by atoms with Gasteiger partial charge in [0.25, 0.3) is 0 Å². The number of benzene rings is 1. The van der Waals surface area contributed by atoms with E-state index in [0.29, 0.717) is 12.5 Å². The summed E-state index contributed by atoms with van der Waals surface area (Å²) in [5, 5.41) is 15.4. The van der Waals surface area contributed by atoms with Crippen LogP contribution in [0.5, 0.6) is 0 Å². The summed E-state index contributed by atoms with van der Waals surface area (Å²) in [5.41, 5.74) is 1.21. The van der Waals surface area contributed by atoms with Gasteiger partial charge in [0.15, 0.2) is 5.82 Å². The number of tetrazole rings is 1.